The molecule has 1 N–H and O–H groups in total. The first-order valence-corrected chi connectivity index (χ1v) is 12.6. The summed E-state index contributed by atoms with van der Waals surface area (Å²) in [5.41, 5.74) is 7.57. The highest BCUT2D eigenvalue weighted by Crippen LogP contribution is 2.33. The van der Waals surface area contributed by atoms with Crippen molar-refractivity contribution in [1.82, 2.24) is 20.3 Å². The predicted molar refractivity (Wildman–Crippen MR) is 142 cm³/mol. The van der Waals surface area contributed by atoms with Gasteiger partial charge in [-0.25, -0.2) is 15.0 Å². The van der Waals surface area contributed by atoms with Gasteiger partial charge in [0.25, 0.3) is 0 Å². The van der Waals surface area contributed by atoms with E-state index < -0.39 is 0 Å². The first-order valence-electron chi connectivity index (χ1n) is 11.4. The second-order valence-electron chi connectivity index (χ2n) is 8.13. The molecule has 0 radical (unpaired) electrons. The summed E-state index contributed by atoms with van der Waals surface area (Å²) in [6.07, 6.45) is 4.87. The summed E-state index contributed by atoms with van der Waals surface area (Å²) in [4.78, 5) is 14.1. The highest BCUT2D eigenvalue weighted by Gasteiger charge is 2.13. The largest absolute Gasteiger partial charge is 0.312 e. The molecule has 0 aliphatic heterocycles. The van der Waals surface area contributed by atoms with Gasteiger partial charge >= 0.3 is 0 Å². The lowest BCUT2D eigenvalue weighted by molar-refractivity contribution is 0.687. The Morgan fingerprint density at radius 3 is 2.24 bits per heavy atom. The number of thioether (sulfide) groups is 1. The molecule has 0 atom stereocenters. The summed E-state index contributed by atoms with van der Waals surface area (Å²) >= 11 is 1.53. The zero-order valence-corrected chi connectivity index (χ0v) is 19.9. The van der Waals surface area contributed by atoms with Crippen LogP contribution in [0.5, 0.6) is 0 Å². The molecule has 0 fully saturated rings. The van der Waals surface area contributed by atoms with Crippen LogP contribution in [0.15, 0.2) is 102 Å². The standard InChI is InChI=1S/C29H26N4S/c1-34-29-31-20-25-18-26(23-10-6-3-7-11-23)27(32-28(25)33-29)24-14-12-22(13-15-24)19-30-17-16-21-8-4-2-5-9-21/h2-15,18,20,30H,16-17,19H2,1H3. The molecule has 0 spiro atoms. The zero-order chi connectivity index (χ0) is 23.2. The van der Waals surface area contributed by atoms with Gasteiger partial charge in [0.15, 0.2) is 10.8 Å². The summed E-state index contributed by atoms with van der Waals surface area (Å²) in [6.45, 7) is 1.79. The van der Waals surface area contributed by atoms with E-state index in [0.717, 1.165) is 58.1 Å². The predicted octanol–water partition coefficient (Wildman–Crippen LogP) is 6.41. The second kappa shape index (κ2) is 10.6. The number of benzene rings is 3. The molecule has 3 aromatic carbocycles. The monoisotopic (exact) mass is 462 g/mol. The van der Waals surface area contributed by atoms with Crippen LogP contribution in [0.25, 0.3) is 33.4 Å². The lowest BCUT2D eigenvalue weighted by Crippen LogP contribution is -2.16. The highest BCUT2D eigenvalue weighted by molar-refractivity contribution is 7.98. The van der Waals surface area contributed by atoms with Crippen molar-refractivity contribution in [3.63, 3.8) is 0 Å². The van der Waals surface area contributed by atoms with Gasteiger partial charge in [0.2, 0.25) is 0 Å². The topological polar surface area (TPSA) is 50.7 Å². The van der Waals surface area contributed by atoms with Crippen LogP contribution in [0.3, 0.4) is 0 Å². The molecule has 5 heteroatoms. The van der Waals surface area contributed by atoms with E-state index in [0.29, 0.717) is 0 Å². The Bertz CT molecular complexity index is 1370. The van der Waals surface area contributed by atoms with Crippen molar-refractivity contribution < 1.29 is 0 Å². The lowest BCUT2D eigenvalue weighted by atomic mass is 9.98. The molecule has 0 amide bonds. The molecule has 168 valence electrons. The van der Waals surface area contributed by atoms with Crippen molar-refractivity contribution in [2.45, 2.75) is 18.1 Å². The summed E-state index contributed by atoms with van der Waals surface area (Å²) < 4.78 is 0. The van der Waals surface area contributed by atoms with Gasteiger partial charge in [0.1, 0.15) is 0 Å². The van der Waals surface area contributed by atoms with Crippen LogP contribution in [-0.4, -0.2) is 27.8 Å². The molecule has 5 rings (SSSR count). The first-order chi connectivity index (χ1) is 16.8. The van der Waals surface area contributed by atoms with Crippen LogP contribution in [0.1, 0.15) is 11.1 Å². The average molecular weight is 463 g/mol. The van der Waals surface area contributed by atoms with Crippen LogP contribution < -0.4 is 5.32 Å². The minimum absolute atomic E-state index is 0.723. The number of pyridine rings is 1. The number of aromatic nitrogens is 3. The second-order valence-corrected chi connectivity index (χ2v) is 8.90. The van der Waals surface area contributed by atoms with Crippen molar-refractivity contribution in [3.05, 3.63) is 108 Å². The minimum atomic E-state index is 0.723. The first kappa shape index (κ1) is 22.3. The van der Waals surface area contributed by atoms with E-state index in [1.54, 1.807) is 0 Å². The molecule has 0 aliphatic rings. The van der Waals surface area contributed by atoms with Crippen LogP contribution in [0.4, 0.5) is 0 Å². The molecule has 5 aromatic rings. The van der Waals surface area contributed by atoms with Gasteiger partial charge in [-0.05, 0) is 42.0 Å². The van der Waals surface area contributed by atoms with Gasteiger partial charge in [-0.15, -0.1) is 0 Å². The molecule has 4 nitrogen and oxygen atoms in total. The molecule has 2 aromatic heterocycles. The van der Waals surface area contributed by atoms with Crippen molar-refractivity contribution in [1.29, 1.82) is 0 Å². The van der Waals surface area contributed by atoms with E-state index in [4.69, 9.17) is 4.98 Å². The van der Waals surface area contributed by atoms with Crippen molar-refractivity contribution in [2.24, 2.45) is 0 Å². The third kappa shape index (κ3) is 5.16. The van der Waals surface area contributed by atoms with Gasteiger partial charge in [0.05, 0.1) is 5.69 Å². The van der Waals surface area contributed by atoms with E-state index in [1.165, 1.54) is 22.9 Å². The Labute approximate surface area is 204 Å². The summed E-state index contributed by atoms with van der Waals surface area (Å²) in [7, 11) is 0. The van der Waals surface area contributed by atoms with Gasteiger partial charge in [0, 0.05) is 29.3 Å². The third-order valence-corrected chi connectivity index (χ3v) is 6.37. The Morgan fingerprint density at radius 1 is 0.765 bits per heavy atom. The molecule has 2 heterocycles. The van der Waals surface area contributed by atoms with E-state index >= 15 is 0 Å². The minimum Gasteiger partial charge on any atom is -0.312 e. The quantitative estimate of drug-likeness (QED) is 0.164. The number of nitrogens with zero attached hydrogens (tertiary/aromatic N) is 3. The van der Waals surface area contributed by atoms with E-state index in [-0.39, 0.29) is 0 Å². The van der Waals surface area contributed by atoms with Gasteiger partial charge < -0.3 is 5.32 Å². The van der Waals surface area contributed by atoms with E-state index in [9.17, 15) is 0 Å². The maximum absolute atomic E-state index is 4.99. The van der Waals surface area contributed by atoms with Gasteiger partial charge in [-0.3, -0.25) is 0 Å². The van der Waals surface area contributed by atoms with Crippen LogP contribution in [-0.2, 0) is 13.0 Å². The number of rotatable bonds is 8. The van der Waals surface area contributed by atoms with Crippen LogP contribution in [0.2, 0.25) is 0 Å². The number of fused-ring (bicyclic) bond motifs is 1. The Balaban J connectivity index is 1.39. The van der Waals surface area contributed by atoms with Crippen LogP contribution >= 0.6 is 11.8 Å². The summed E-state index contributed by atoms with van der Waals surface area (Å²) in [5, 5.41) is 5.22. The third-order valence-electron chi connectivity index (χ3n) is 5.80. The Kier molecular flexibility index (Phi) is 6.94. The SMILES string of the molecule is CSc1ncc2cc(-c3ccccc3)c(-c3ccc(CNCCc4ccccc4)cc3)nc2n1. The Hall–Kier alpha value is -3.54. The number of hydrogen-bond acceptors (Lipinski definition) is 5. The highest BCUT2D eigenvalue weighted by atomic mass is 32.2. The van der Waals surface area contributed by atoms with E-state index in [1.807, 2.05) is 18.5 Å². The van der Waals surface area contributed by atoms with Crippen molar-refractivity contribution >= 4 is 22.8 Å². The fraction of sp³-hybridized carbons (Fsp3) is 0.138. The molecule has 0 bridgehead atoms. The van der Waals surface area contributed by atoms with Crippen LogP contribution in [0, 0.1) is 0 Å². The average Bonchev–Trinajstić information content (AvgIpc) is 2.91. The van der Waals surface area contributed by atoms with Crippen molar-refractivity contribution in [2.75, 3.05) is 12.8 Å². The molecule has 0 aliphatic carbocycles. The maximum Gasteiger partial charge on any atom is 0.189 e. The molecular formula is C29H26N4S. The van der Waals surface area contributed by atoms with Gasteiger partial charge in [-0.1, -0.05) is 96.7 Å². The molecule has 0 saturated heterocycles. The normalized spacial score (nSPS) is 11.1. The molecule has 0 saturated carbocycles. The number of nitrogens with one attached hydrogen (secondary N) is 1. The maximum atomic E-state index is 4.99. The number of hydrogen-bond donors (Lipinski definition) is 1. The fourth-order valence-electron chi connectivity index (χ4n) is 3.99. The summed E-state index contributed by atoms with van der Waals surface area (Å²) in [6, 6.07) is 31.8. The fourth-order valence-corrected chi connectivity index (χ4v) is 4.33. The molecule has 0 unspecified atom stereocenters. The van der Waals surface area contributed by atoms with Crippen molar-refractivity contribution in [3.8, 4) is 22.4 Å². The summed E-state index contributed by atoms with van der Waals surface area (Å²) in [5.74, 6) is 0. The zero-order valence-electron chi connectivity index (χ0n) is 19.1. The Morgan fingerprint density at radius 2 is 1.50 bits per heavy atom. The van der Waals surface area contributed by atoms with Gasteiger partial charge in [-0.2, -0.15) is 0 Å². The lowest BCUT2D eigenvalue weighted by Gasteiger charge is -2.12. The molecular weight excluding hydrogens is 436 g/mol. The molecule has 34 heavy (non-hydrogen) atoms. The smallest absolute Gasteiger partial charge is 0.189 e. The van der Waals surface area contributed by atoms with E-state index in [2.05, 4.69) is 100 Å².